The highest BCUT2D eigenvalue weighted by atomic mass is 35.5. The molecule has 3 aromatic carbocycles. The van der Waals surface area contributed by atoms with Gasteiger partial charge in [0.1, 0.15) is 17.3 Å². The van der Waals surface area contributed by atoms with Gasteiger partial charge in [-0.05, 0) is 55.0 Å². The van der Waals surface area contributed by atoms with E-state index in [1.54, 1.807) is 55.5 Å². The fourth-order valence-corrected chi connectivity index (χ4v) is 6.16. The number of aromatic nitrogens is 1. The Morgan fingerprint density at radius 3 is 2.57 bits per heavy atom. The van der Waals surface area contributed by atoms with Crippen molar-refractivity contribution >= 4 is 52.3 Å². The van der Waals surface area contributed by atoms with Gasteiger partial charge in [-0.2, -0.15) is 0 Å². The van der Waals surface area contributed by atoms with Crippen LogP contribution < -0.4 is 14.9 Å². The lowest BCUT2D eigenvalue weighted by Gasteiger charge is -2.25. The number of hydrogen-bond donors (Lipinski definition) is 0. The first-order valence-electron chi connectivity index (χ1n) is 12.9. The standard InChI is InChI=1S/C32H21Cl2FN2O4S/c1-2-40-31(39)27-28(18-6-4-3-5-7-18)36-32-37(29(27)19-8-11-21(35)12-9-19)30(38)26(42-32)17-22-13-15-25(41-22)23-16-20(33)10-14-24(23)34/h3-17,29H,2H2,1H3/b26-17-/t29-/m1/s1. The van der Waals surface area contributed by atoms with Crippen molar-refractivity contribution in [2.24, 2.45) is 4.99 Å². The Morgan fingerprint density at radius 1 is 1.07 bits per heavy atom. The lowest BCUT2D eigenvalue weighted by molar-refractivity contribution is -0.138. The van der Waals surface area contributed by atoms with Gasteiger partial charge in [-0.15, -0.1) is 0 Å². The molecule has 1 atom stereocenters. The summed E-state index contributed by atoms with van der Waals surface area (Å²) in [7, 11) is 0. The largest absolute Gasteiger partial charge is 0.463 e. The highest BCUT2D eigenvalue weighted by Crippen LogP contribution is 2.35. The van der Waals surface area contributed by atoms with Crippen LogP contribution in [0.3, 0.4) is 0 Å². The molecule has 0 unspecified atom stereocenters. The van der Waals surface area contributed by atoms with Crippen molar-refractivity contribution in [2.45, 2.75) is 13.0 Å². The molecule has 0 spiro atoms. The molecule has 3 heterocycles. The molecule has 0 aliphatic carbocycles. The number of rotatable bonds is 6. The Morgan fingerprint density at radius 2 is 1.83 bits per heavy atom. The number of halogens is 3. The Hall–Kier alpha value is -4.24. The topological polar surface area (TPSA) is 73.8 Å². The maximum absolute atomic E-state index is 14.0. The molecule has 10 heteroatoms. The molecule has 42 heavy (non-hydrogen) atoms. The molecular formula is C32H21Cl2FN2O4S. The first-order valence-corrected chi connectivity index (χ1v) is 14.5. The third-order valence-electron chi connectivity index (χ3n) is 6.65. The minimum atomic E-state index is -0.907. The van der Waals surface area contributed by atoms with Crippen LogP contribution in [0, 0.1) is 5.82 Å². The van der Waals surface area contributed by atoms with E-state index in [4.69, 9.17) is 37.3 Å². The Kier molecular flexibility index (Phi) is 7.68. The number of furan rings is 1. The quantitative estimate of drug-likeness (QED) is 0.200. The molecule has 0 amide bonds. The number of fused-ring (bicyclic) bond motifs is 1. The van der Waals surface area contributed by atoms with Crippen molar-refractivity contribution in [1.29, 1.82) is 0 Å². The first-order chi connectivity index (χ1) is 20.3. The summed E-state index contributed by atoms with van der Waals surface area (Å²) < 4.78 is 27.2. The summed E-state index contributed by atoms with van der Waals surface area (Å²) in [5, 5.41) is 0.979. The molecule has 0 radical (unpaired) electrons. The van der Waals surface area contributed by atoms with Crippen molar-refractivity contribution in [3.05, 3.63) is 143 Å². The number of hydrogen-bond acceptors (Lipinski definition) is 6. The number of carbonyl (C=O) groups is 1. The van der Waals surface area contributed by atoms with Crippen LogP contribution in [0.15, 0.2) is 105 Å². The highest BCUT2D eigenvalue weighted by molar-refractivity contribution is 7.07. The molecule has 0 bridgehead atoms. The van der Waals surface area contributed by atoms with Crippen LogP contribution in [0.4, 0.5) is 4.39 Å². The number of esters is 1. The van der Waals surface area contributed by atoms with Crippen LogP contribution in [-0.2, 0) is 9.53 Å². The van der Waals surface area contributed by atoms with Crippen molar-refractivity contribution in [3.63, 3.8) is 0 Å². The van der Waals surface area contributed by atoms with E-state index in [0.29, 0.717) is 53.3 Å². The van der Waals surface area contributed by atoms with Crippen LogP contribution in [0.5, 0.6) is 0 Å². The van der Waals surface area contributed by atoms with Gasteiger partial charge in [0.05, 0.1) is 33.5 Å². The maximum atomic E-state index is 14.0. The van der Waals surface area contributed by atoms with Gasteiger partial charge >= 0.3 is 5.97 Å². The van der Waals surface area contributed by atoms with Crippen LogP contribution in [-0.4, -0.2) is 17.1 Å². The summed E-state index contributed by atoms with van der Waals surface area (Å²) in [6, 6.07) is 22.5. The zero-order valence-electron chi connectivity index (χ0n) is 22.0. The van der Waals surface area contributed by atoms with E-state index in [1.165, 1.54) is 16.7 Å². The van der Waals surface area contributed by atoms with Gasteiger partial charge in [0, 0.05) is 22.2 Å². The average Bonchev–Trinajstić information content (AvgIpc) is 3.58. The molecule has 0 fully saturated rings. The molecule has 6 rings (SSSR count). The number of nitrogens with zero attached hydrogens (tertiary/aromatic N) is 2. The Labute approximate surface area is 253 Å². The fraction of sp³-hybridized carbons (Fsp3) is 0.0938. The second kappa shape index (κ2) is 11.6. The average molecular weight is 620 g/mol. The van der Waals surface area contributed by atoms with Crippen LogP contribution in [0.2, 0.25) is 10.0 Å². The summed E-state index contributed by atoms with van der Waals surface area (Å²) in [4.78, 5) is 32.6. The Balaban J connectivity index is 1.56. The van der Waals surface area contributed by atoms with Crippen molar-refractivity contribution < 1.29 is 18.3 Å². The molecule has 0 N–H and O–H groups in total. The molecule has 210 valence electrons. The number of benzene rings is 3. The van der Waals surface area contributed by atoms with E-state index >= 15 is 0 Å². The molecule has 1 aliphatic rings. The molecule has 6 nitrogen and oxygen atoms in total. The van der Waals surface area contributed by atoms with Crippen LogP contribution in [0.1, 0.15) is 29.9 Å². The molecular weight excluding hydrogens is 598 g/mol. The number of ether oxygens (including phenoxy) is 1. The van der Waals surface area contributed by atoms with Gasteiger partial charge in [-0.3, -0.25) is 9.36 Å². The van der Waals surface area contributed by atoms with Gasteiger partial charge in [-0.25, -0.2) is 14.2 Å². The zero-order valence-corrected chi connectivity index (χ0v) is 24.3. The second-order valence-corrected chi connectivity index (χ2v) is 11.2. The van der Waals surface area contributed by atoms with Crippen LogP contribution >= 0.6 is 34.5 Å². The minimum Gasteiger partial charge on any atom is -0.463 e. The van der Waals surface area contributed by atoms with Gasteiger partial charge < -0.3 is 9.15 Å². The van der Waals surface area contributed by atoms with E-state index in [9.17, 15) is 14.0 Å². The normalized spacial score (nSPS) is 15.0. The van der Waals surface area contributed by atoms with Gasteiger partial charge in [-0.1, -0.05) is 77.0 Å². The van der Waals surface area contributed by atoms with Crippen molar-refractivity contribution in [3.8, 4) is 11.3 Å². The van der Waals surface area contributed by atoms with Gasteiger partial charge in [0.15, 0.2) is 4.80 Å². The fourth-order valence-electron chi connectivity index (χ4n) is 4.79. The molecule has 0 saturated carbocycles. The SMILES string of the molecule is CCOC(=O)C1=C(c2ccccc2)N=c2s/c(=C\c3ccc(-c4cc(Cl)ccc4Cl)o3)c(=O)n2[C@@H]1c1ccc(F)cc1. The van der Waals surface area contributed by atoms with Gasteiger partial charge in [0.25, 0.3) is 5.56 Å². The van der Waals surface area contributed by atoms with E-state index in [0.717, 1.165) is 11.3 Å². The summed E-state index contributed by atoms with van der Waals surface area (Å²) in [5.74, 6) is -0.151. The highest BCUT2D eigenvalue weighted by Gasteiger charge is 2.35. The monoisotopic (exact) mass is 618 g/mol. The number of thiazole rings is 1. The third kappa shape index (κ3) is 5.25. The zero-order chi connectivity index (χ0) is 29.4. The molecule has 0 saturated heterocycles. The lowest BCUT2D eigenvalue weighted by atomic mass is 9.93. The van der Waals surface area contributed by atoms with Crippen LogP contribution in [0.25, 0.3) is 23.1 Å². The molecule has 5 aromatic rings. The summed E-state index contributed by atoms with van der Waals surface area (Å²) in [6.45, 7) is 1.83. The second-order valence-electron chi connectivity index (χ2n) is 9.31. The molecule has 1 aliphatic heterocycles. The van der Waals surface area contributed by atoms with E-state index in [-0.39, 0.29) is 17.7 Å². The number of carbonyl (C=O) groups excluding carboxylic acids is 1. The maximum Gasteiger partial charge on any atom is 0.338 e. The first kappa shape index (κ1) is 27.9. The minimum absolute atomic E-state index is 0.127. The lowest BCUT2D eigenvalue weighted by Crippen LogP contribution is -2.40. The van der Waals surface area contributed by atoms with Crippen molar-refractivity contribution in [2.75, 3.05) is 6.61 Å². The summed E-state index contributed by atoms with van der Waals surface area (Å²) in [6.07, 6.45) is 1.61. The van der Waals surface area contributed by atoms with E-state index < -0.39 is 17.8 Å². The smallest absolute Gasteiger partial charge is 0.338 e. The predicted molar refractivity (Wildman–Crippen MR) is 162 cm³/mol. The summed E-state index contributed by atoms with van der Waals surface area (Å²) in [5.41, 5.74) is 2.01. The molecule has 2 aromatic heterocycles. The van der Waals surface area contributed by atoms with Gasteiger partial charge in [0.2, 0.25) is 0 Å². The summed E-state index contributed by atoms with van der Waals surface area (Å²) >= 11 is 13.6. The van der Waals surface area contributed by atoms with E-state index in [2.05, 4.69) is 0 Å². The third-order valence-corrected chi connectivity index (χ3v) is 8.20. The Bertz CT molecular complexity index is 2030. The van der Waals surface area contributed by atoms with Crippen molar-refractivity contribution in [1.82, 2.24) is 4.57 Å². The van der Waals surface area contributed by atoms with E-state index in [1.807, 2.05) is 30.3 Å². The predicted octanol–water partition coefficient (Wildman–Crippen LogP) is 6.64.